The van der Waals surface area contributed by atoms with Crippen LogP contribution in [0.5, 0.6) is 0 Å². The smallest absolute Gasteiger partial charge is 0.128 e. The molecule has 0 amide bonds. The van der Waals surface area contributed by atoms with E-state index in [9.17, 15) is 0 Å². The molecule has 1 aliphatic heterocycles. The van der Waals surface area contributed by atoms with Gasteiger partial charge in [-0.3, -0.25) is 4.98 Å². The second-order valence-electron chi connectivity index (χ2n) is 6.45. The van der Waals surface area contributed by atoms with Crippen LogP contribution in [-0.2, 0) is 6.54 Å². The molecule has 4 heteroatoms. The highest BCUT2D eigenvalue weighted by Gasteiger charge is 2.40. The SMILES string of the molecule is c1ccc2c(c1)N=C(NCc1ccncc1)C1(CCCCC1)N2. The van der Waals surface area contributed by atoms with E-state index in [2.05, 4.69) is 33.8 Å². The summed E-state index contributed by atoms with van der Waals surface area (Å²) in [7, 11) is 0. The van der Waals surface area contributed by atoms with Crippen molar-refractivity contribution < 1.29 is 0 Å². The molecule has 1 fully saturated rings. The van der Waals surface area contributed by atoms with Crippen molar-refractivity contribution in [3.63, 3.8) is 0 Å². The normalized spacial score (nSPS) is 18.7. The quantitative estimate of drug-likeness (QED) is 0.880. The first-order valence-electron chi connectivity index (χ1n) is 8.45. The lowest BCUT2D eigenvalue weighted by atomic mass is 9.79. The Bertz CT molecular complexity index is 702. The number of para-hydroxylation sites is 2. The number of aliphatic imine (C=N–C) groups is 1. The molecule has 2 aromatic rings. The first-order chi connectivity index (χ1) is 11.4. The van der Waals surface area contributed by atoms with Gasteiger partial charge in [0.2, 0.25) is 0 Å². The van der Waals surface area contributed by atoms with Crippen molar-refractivity contribution in [2.45, 2.75) is 44.2 Å². The molecule has 1 aromatic heterocycles. The first-order valence-corrected chi connectivity index (χ1v) is 8.45. The fourth-order valence-corrected chi connectivity index (χ4v) is 3.63. The third kappa shape index (κ3) is 2.81. The summed E-state index contributed by atoms with van der Waals surface area (Å²) in [6, 6.07) is 12.4. The maximum atomic E-state index is 4.96. The Labute approximate surface area is 137 Å². The predicted octanol–water partition coefficient (Wildman–Crippen LogP) is 4.03. The highest BCUT2D eigenvalue weighted by Crippen LogP contribution is 2.40. The van der Waals surface area contributed by atoms with Crippen LogP contribution < -0.4 is 10.6 Å². The molecule has 4 nitrogen and oxygen atoms in total. The maximum absolute atomic E-state index is 4.96. The van der Waals surface area contributed by atoms with Gasteiger partial charge in [0.05, 0.1) is 16.9 Å². The van der Waals surface area contributed by atoms with Crippen molar-refractivity contribution in [3.05, 3.63) is 54.4 Å². The Morgan fingerprint density at radius 2 is 1.78 bits per heavy atom. The van der Waals surface area contributed by atoms with Crippen molar-refractivity contribution in [1.29, 1.82) is 0 Å². The summed E-state index contributed by atoms with van der Waals surface area (Å²) in [6.07, 6.45) is 9.79. The second kappa shape index (κ2) is 6.03. The third-order valence-electron chi connectivity index (χ3n) is 4.88. The molecule has 2 aliphatic rings. The Morgan fingerprint density at radius 1 is 1.00 bits per heavy atom. The standard InChI is InChI=1S/C19H22N4/c1-4-10-19(11-5-1)18(21-14-15-8-12-20-13-9-15)22-16-6-2-3-7-17(16)23-19/h2-3,6-9,12-13,23H,1,4-5,10-11,14H2,(H,21,22). The molecule has 118 valence electrons. The topological polar surface area (TPSA) is 49.3 Å². The van der Waals surface area contributed by atoms with E-state index in [0.717, 1.165) is 36.6 Å². The molecule has 0 saturated heterocycles. The molecule has 0 atom stereocenters. The van der Waals surface area contributed by atoms with Gasteiger partial charge in [0.15, 0.2) is 0 Å². The van der Waals surface area contributed by atoms with Crippen LogP contribution in [-0.4, -0.2) is 16.4 Å². The maximum Gasteiger partial charge on any atom is 0.128 e. The molecule has 2 N–H and O–H groups in total. The zero-order valence-electron chi connectivity index (χ0n) is 13.3. The number of hydrogen-bond acceptors (Lipinski definition) is 4. The molecule has 1 aliphatic carbocycles. The fourth-order valence-electron chi connectivity index (χ4n) is 3.63. The number of hydrogen-bond donors (Lipinski definition) is 2. The van der Waals surface area contributed by atoms with E-state index in [0.29, 0.717) is 0 Å². The lowest BCUT2D eigenvalue weighted by Crippen LogP contribution is -2.54. The van der Waals surface area contributed by atoms with Gasteiger partial charge in [-0.05, 0) is 42.7 Å². The van der Waals surface area contributed by atoms with E-state index >= 15 is 0 Å². The summed E-state index contributed by atoms with van der Waals surface area (Å²) in [5, 5.41) is 7.39. The minimum atomic E-state index is -0.0281. The Morgan fingerprint density at radius 3 is 2.61 bits per heavy atom. The van der Waals surface area contributed by atoms with Crippen LogP contribution in [0.25, 0.3) is 0 Å². The van der Waals surface area contributed by atoms with Crippen LogP contribution >= 0.6 is 0 Å². The number of nitrogens with one attached hydrogen (secondary N) is 2. The highest BCUT2D eigenvalue weighted by molar-refractivity contribution is 6.00. The monoisotopic (exact) mass is 306 g/mol. The van der Waals surface area contributed by atoms with Crippen LogP contribution in [0.4, 0.5) is 11.4 Å². The number of amidine groups is 1. The minimum absolute atomic E-state index is 0.0281. The summed E-state index contributed by atoms with van der Waals surface area (Å²) in [5.74, 6) is 1.09. The molecule has 4 rings (SSSR count). The van der Waals surface area contributed by atoms with Crippen LogP contribution in [0.3, 0.4) is 0 Å². The van der Waals surface area contributed by atoms with Crippen molar-refractivity contribution in [2.24, 2.45) is 4.99 Å². The number of rotatable bonds is 2. The molecule has 23 heavy (non-hydrogen) atoms. The summed E-state index contributed by atoms with van der Waals surface area (Å²) in [5.41, 5.74) is 3.39. The Hall–Kier alpha value is -2.36. The number of aromatic nitrogens is 1. The predicted molar refractivity (Wildman–Crippen MR) is 94.1 cm³/mol. The number of nitrogens with zero attached hydrogens (tertiary/aromatic N) is 2. The number of anilines is 1. The number of fused-ring (bicyclic) bond motifs is 1. The van der Waals surface area contributed by atoms with Crippen molar-refractivity contribution in [1.82, 2.24) is 10.3 Å². The zero-order valence-corrected chi connectivity index (χ0v) is 13.3. The Balaban J connectivity index is 1.63. The van der Waals surface area contributed by atoms with Crippen LogP contribution in [0, 0.1) is 0 Å². The van der Waals surface area contributed by atoms with Gasteiger partial charge in [0, 0.05) is 18.9 Å². The van der Waals surface area contributed by atoms with Gasteiger partial charge in [0.25, 0.3) is 0 Å². The zero-order chi connectivity index (χ0) is 15.5. The lowest BCUT2D eigenvalue weighted by Gasteiger charge is -2.42. The summed E-state index contributed by atoms with van der Waals surface area (Å²) in [6.45, 7) is 0.785. The summed E-state index contributed by atoms with van der Waals surface area (Å²) >= 11 is 0. The van der Waals surface area contributed by atoms with Gasteiger partial charge in [-0.1, -0.05) is 31.4 Å². The Kier molecular flexibility index (Phi) is 3.74. The van der Waals surface area contributed by atoms with Gasteiger partial charge >= 0.3 is 0 Å². The summed E-state index contributed by atoms with van der Waals surface area (Å²) < 4.78 is 0. The molecule has 1 saturated carbocycles. The van der Waals surface area contributed by atoms with E-state index < -0.39 is 0 Å². The van der Waals surface area contributed by atoms with Crippen LogP contribution in [0.1, 0.15) is 37.7 Å². The molecule has 0 unspecified atom stereocenters. The third-order valence-corrected chi connectivity index (χ3v) is 4.88. The van der Waals surface area contributed by atoms with Gasteiger partial charge in [-0.15, -0.1) is 0 Å². The molecular weight excluding hydrogens is 284 g/mol. The van der Waals surface area contributed by atoms with Crippen molar-refractivity contribution in [3.8, 4) is 0 Å². The minimum Gasteiger partial charge on any atom is -0.371 e. The first kappa shape index (κ1) is 14.2. The van der Waals surface area contributed by atoms with Gasteiger partial charge in [-0.2, -0.15) is 0 Å². The van der Waals surface area contributed by atoms with E-state index in [1.165, 1.54) is 24.8 Å². The van der Waals surface area contributed by atoms with Crippen LogP contribution in [0.2, 0.25) is 0 Å². The van der Waals surface area contributed by atoms with Crippen molar-refractivity contribution >= 4 is 17.2 Å². The van der Waals surface area contributed by atoms with Gasteiger partial charge < -0.3 is 10.6 Å². The molecule has 2 heterocycles. The molecule has 0 radical (unpaired) electrons. The van der Waals surface area contributed by atoms with E-state index in [4.69, 9.17) is 4.99 Å². The molecular formula is C19H22N4. The second-order valence-corrected chi connectivity index (χ2v) is 6.45. The average molecular weight is 306 g/mol. The van der Waals surface area contributed by atoms with E-state index in [-0.39, 0.29) is 5.54 Å². The number of pyridine rings is 1. The molecule has 1 spiro atoms. The van der Waals surface area contributed by atoms with Crippen molar-refractivity contribution in [2.75, 3.05) is 5.32 Å². The van der Waals surface area contributed by atoms with Crippen LogP contribution in [0.15, 0.2) is 53.8 Å². The van der Waals surface area contributed by atoms with E-state index in [1.807, 2.05) is 30.6 Å². The highest BCUT2D eigenvalue weighted by atomic mass is 15.2. The largest absolute Gasteiger partial charge is 0.371 e. The van der Waals surface area contributed by atoms with Gasteiger partial charge in [-0.25, -0.2) is 4.99 Å². The van der Waals surface area contributed by atoms with Gasteiger partial charge in [0.1, 0.15) is 5.84 Å². The van der Waals surface area contributed by atoms with E-state index in [1.54, 1.807) is 0 Å². The lowest BCUT2D eigenvalue weighted by molar-refractivity contribution is 0.396. The molecule has 1 aromatic carbocycles. The fraction of sp³-hybridized carbons (Fsp3) is 0.368. The average Bonchev–Trinajstić information content (AvgIpc) is 2.61. The number of benzene rings is 1. The summed E-state index contributed by atoms with van der Waals surface area (Å²) in [4.78, 5) is 9.05. The molecule has 0 bridgehead atoms.